The monoisotopic (exact) mass is 291 g/mol. The maximum absolute atomic E-state index is 12.9. The molecule has 0 spiro atoms. The fourth-order valence-corrected chi connectivity index (χ4v) is 3.17. The van der Waals surface area contributed by atoms with Crippen molar-refractivity contribution in [2.45, 2.75) is 31.7 Å². The topological polar surface area (TPSA) is 59.0 Å². The van der Waals surface area contributed by atoms with E-state index in [-0.39, 0.29) is 18.6 Å². The first-order valence-electron chi connectivity index (χ1n) is 7.61. The third-order valence-corrected chi connectivity index (χ3v) is 4.16. The van der Waals surface area contributed by atoms with Crippen molar-refractivity contribution >= 4 is 5.91 Å². The van der Waals surface area contributed by atoms with Gasteiger partial charge in [-0.25, -0.2) is 0 Å². The van der Waals surface area contributed by atoms with Gasteiger partial charge in [0.2, 0.25) is 0 Å². The Bertz CT molecular complexity index is 511. The molecule has 1 aliphatic heterocycles. The average molecular weight is 291 g/mol. The van der Waals surface area contributed by atoms with Crippen LogP contribution in [0, 0.1) is 0 Å². The molecular formula is C16H21NO4. The van der Waals surface area contributed by atoms with E-state index in [2.05, 4.69) is 0 Å². The van der Waals surface area contributed by atoms with Crippen LogP contribution in [0.5, 0.6) is 11.5 Å². The summed E-state index contributed by atoms with van der Waals surface area (Å²) in [6.07, 6.45) is 4.31. The van der Waals surface area contributed by atoms with Crippen LogP contribution in [0.15, 0.2) is 18.2 Å². The van der Waals surface area contributed by atoms with Gasteiger partial charge in [-0.3, -0.25) is 4.79 Å². The van der Waals surface area contributed by atoms with Crippen LogP contribution in [0.2, 0.25) is 0 Å². The fourth-order valence-electron chi connectivity index (χ4n) is 3.17. The molecule has 1 N–H and O–H groups in total. The van der Waals surface area contributed by atoms with E-state index in [0.717, 1.165) is 25.7 Å². The molecule has 21 heavy (non-hydrogen) atoms. The van der Waals surface area contributed by atoms with Crippen LogP contribution >= 0.6 is 0 Å². The SMILES string of the molecule is O=C(c1cccc2c1OCCO2)N(CCO)C1CCCC1. The quantitative estimate of drug-likeness (QED) is 0.919. The van der Waals surface area contributed by atoms with Crippen molar-refractivity contribution in [3.8, 4) is 11.5 Å². The Morgan fingerprint density at radius 3 is 2.76 bits per heavy atom. The van der Waals surface area contributed by atoms with Crippen LogP contribution in [0.4, 0.5) is 0 Å². The van der Waals surface area contributed by atoms with Crippen LogP contribution in [0.1, 0.15) is 36.0 Å². The number of amides is 1. The first-order valence-corrected chi connectivity index (χ1v) is 7.61. The van der Waals surface area contributed by atoms with Gasteiger partial charge in [-0.1, -0.05) is 18.9 Å². The Morgan fingerprint density at radius 2 is 2.00 bits per heavy atom. The zero-order chi connectivity index (χ0) is 14.7. The number of para-hydroxylation sites is 1. The molecule has 0 radical (unpaired) electrons. The number of benzene rings is 1. The first kappa shape index (κ1) is 14.2. The van der Waals surface area contributed by atoms with Crippen LogP contribution in [-0.4, -0.2) is 48.3 Å². The van der Waals surface area contributed by atoms with E-state index in [4.69, 9.17) is 9.47 Å². The Hall–Kier alpha value is -1.75. The average Bonchev–Trinajstić information content (AvgIpc) is 3.05. The van der Waals surface area contributed by atoms with Crippen molar-refractivity contribution < 1.29 is 19.4 Å². The number of aliphatic hydroxyl groups excluding tert-OH is 1. The molecule has 1 aromatic rings. The van der Waals surface area contributed by atoms with Gasteiger partial charge in [0.15, 0.2) is 11.5 Å². The number of aliphatic hydroxyl groups is 1. The van der Waals surface area contributed by atoms with Gasteiger partial charge in [0, 0.05) is 12.6 Å². The van der Waals surface area contributed by atoms with E-state index in [9.17, 15) is 9.90 Å². The second-order valence-electron chi connectivity index (χ2n) is 5.49. The zero-order valence-corrected chi connectivity index (χ0v) is 12.1. The molecule has 114 valence electrons. The number of fused-ring (bicyclic) bond motifs is 1. The number of ether oxygens (including phenoxy) is 2. The summed E-state index contributed by atoms with van der Waals surface area (Å²) in [5.41, 5.74) is 0.535. The summed E-state index contributed by atoms with van der Waals surface area (Å²) in [5.74, 6) is 1.09. The van der Waals surface area contributed by atoms with Gasteiger partial charge in [-0.05, 0) is 25.0 Å². The zero-order valence-electron chi connectivity index (χ0n) is 12.1. The lowest BCUT2D eigenvalue weighted by Crippen LogP contribution is -2.41. The molecule has 0 atom stereocenters. The second-order valence-corrected chi connectivity index (χ2v) is 5.49. The Kier molecular flexibility index (Phi) is 4.29. The Balaban J connectivity index is 1.88. The lowest BCUT2D eigenvalue weighted by Gasteiger charge is -2.30. The lowest BCUT2D eigenvalue weighted by atomic mass is 10.1. The van der Waals surface area contributed by atoms with Gasteiger partial charge >= 0.3 is 0 Å². The van der Waals surface area contributed by atoms with E-state index in [0.29, 0.717) is 36.8 Å². The third kappa shape index (κ3) is 2.83. The van der Waals surface area contributed by atoms with Gasteiger partial charge in [0.05, 0.1) is 12.2 Å². The first-order chi connectivity index (χ1) is 10.3. The molecule has 0 bridgehead atoms. The molecule has 0 saturated heterocycles. The summed E-state index contributed by atoms with van der Waals surface area (Å²) in [6, 6.07) is 5.63. The molecular weight excluding hydrogens is 270 g/mol. The van der Waals surface area contributed by atoms with Crippen molar-refractivity contribution in [2.75, 3.05) is 26.4 Å². The Morgan fingerprint density at radius 1 is 1.24 bits per heavy atom. The summed E-state index contributed by atoms with van der Waals surface area (Å²) >= 11 is 0. The predicted octanol–water partition coefficient (Wildman–Crippen LogP) is 1.83. The number of carbonyl (C=O) groups is 1. The molecule has 1 aliphatic carbocycles. The number of rotatable bonds is 4. The van der Waals surface area contributed by atoms with Gasteiger partial charge in [0.1, 0.15) is 13.2 Å². The van der Waals surface area contributed by atoms with Crippen LogP contribution in [-0.2, 0) is 0 Å². The number of hydrogen-bond acceptors (Lipinski definition) is 4. The highest BCUT2D eigenvalue weighted by Gasteiger charge is 2.30. The minimum atomic E-state index is -0.0710. The summed E-state index contributed by atoms with van der Waals surface area (Å²) < 4.78 is 11.2. The van der Waals surface area contributed by atoms with Crippen molar-refractivity contribution in [2.24, 2.45) is 0 Å². The van der Waals surface area contributed by atoms with Gasteiger partial charge in [-0.15, -0.1) is 0 Å². The molecule has 1 aromatic carbocycles. The minimum absolute atomic E-state index is 0.0192. The highest BCUT2D eigenvalue weighted by Crippen LogP contribution is 2.35. The van der Waals surface area contributed by atoms with Crippen LogP contribution < -0.4 is 9.47 Å². The van der Waals surface area contributed by atoms with E-state index < -0.39 is 0 Å². The third-order valence-electron chi connectivity index (χ3n) is 4.16. The van der Waals surface area contributed by atoms with Crippen LogP contribution in [0.3, 0.4) is 0 Å². The molecule has 5 nitrogen and oxygen atoms in total. The molecule has 2 aliphatic rings. The van der Waals surface area contributed by atoms with Crippen LogP contribution in [0.25, 0.3) is 0 Å². The minimum Gasteiger partial charge on any atom is -0.486 e. The maximum Gasteiger partial charge on any atom is 0.258 e. The molecule has 0 unspecified atom stereocenters. The lowest BCUT2D eigenvalue weighted by molar-refractivity contribution is 0.0628. The van der Waals surface area contributed by atoms with E-state index in [1.807, 2.05) is 12.1 Å². The van der Waals surface area contributed by atoms with Gasteiger partial charge in [0.25, 0.3) is 5.91 Å². The molecule has 1 saturated carbocycles. The highest BCUT2D eigenvalue weighted by atomic mass is 16.6. The number of hydrogen-bond donors (Lipinski definition) is 1. The largest absolute Gasteiger partial charge is 0.486 e. The molecule has 1 heterocycles. The van der Waals surface area contributed by atoms with E-state index in [1.165, 1.54) is 0 Å². The van der Waals surface area contributed by atoms with Crippen molar-refractivity contribution in [3.63, 3.8) is 0 Å². The van der Waals surface area contributed by atoms with Gasteiger partial charge < -0.3 is 19.5 Å². The number of nitrogens with zero attached hydrogens (tertiary/aromatic N) is 1. The highest BCUT2D eigenvalue weighted by molar-refractivity contribution is 5.98. The second kappa shape index (κ2) is 6.35. The summed E-state index contributed by atoms with van der Waals surface area (Å²) in [6.45, 7) is 1.32. The molecule has 1 amide bonds. The number of carbonyl (C=O) groups excluding carboxylic acids is 1. The van der Waals surface area contributed by atoms with Gasteiger partial charge in [-0.2, -0.15) is 0 Å². The van der Waals surface area contributed by atoms with Crippen molar-refractivity contribution in [1.82, 2.24) is 4.90 Å². The standard InChI is InChI=1S/C16H21NO4/c18-9-8-17(12-4-1-2-5-12)16(19)13-6-3-7-14-15(13)21-11-10-20-14/h3,6-7,12,18H,1-2,4-5,8-11H2. The Labute approximate surface area is 124 Å². The molecule has 5 heteroatoms. The maximum atomic E-state index is 12.9. The van der Waals surface area contributed by atoms with E-state index >= 15 is 0 Å². The normalized spacial score (nSPS) is 17.8. The molecule has 1 fully saturated rings. The predicted molar refractivity (Wildman–Crippen MR) is 77.8 cm³/mol. The van der Waals surface area contributed by atoms with Crippen molar-refractivity contribution in [3.05, 3.63) is 23.8 Å². The molecule has 0 aromatic heterocycles. The molecule has 3 rings (SSSR count). The van der Waals surface area contributed by atoms with E-state index in [1.54, 1.807) is 11.0 Å². The summed E-state index contributed by atoms with van der Waals surface area (Å²) in [4.78, 5) is 14.7. The summed E-state index contributed by atoms with van der Waals surface area (Å²) in [5, 5.41) is 9.28. The summed E-state index contributed by atoms with van der Waals surface area (Å²) in [7, 11) is 0. The van der Waals surface area contributed by atoms with Crippen molar-refractivity contribution in [1.29, 1.82) is 0 Å². The smallest absolute Gasteiger partial charge is 0.258 e. The fraction of sp³-hybridized carbons (Fsp3) is 0.562.